The molecule has 0 saturated carbocycles. The van der Waals surface area contributed by atoms with Crippen LogP contribution in [0.1, 0.15) is 16.3 Å². The molecule has 5 nitrogen and oxygen atoms in total. The SMILES string of the molecule is COC(=O)c1ccc(CSc2nc(-c3cccs3)nc3ccccc23)o1. The predicted octanol–water partition coefficient (Wildman–Crippen LogP) is 5.03. The largest absolute Gasteiger partial charge is 0.463 e. The molecular weight excluding hydrogens is 368 g/mol. The molecule has 26 heavy (non-hydrogen) atoms. The lowest BCUT2D eigenvalue weighted by atomic mass is 10.2. The van der Waals surface area contributed by atoms with Crippen LogP contribution in [-0.4, -0.2) is 23.0 Å². The van der Waals surface area contributed by atoms with Crippen molar-refractivity contribution in [3.63, 3.8) is 0 Å². The summed E-state index contributed by atoms with van der Waals surface area (Å²) in [6, 6.07) is 15.3. The first-order valence-corrected chi connectivity index (χ1v) is 9.71. The summed E-state index contributed by atoms with van der Waals surface area (Å²) in [4.78, 5) is 22.0. The highest BCUT2D eigenvalue weighted by atomic mass is 32.2. The van der Waals surface area contributed by atoms with Crippen molar-refractivity contribution < 1.29 is 13.9 Å². The standard InChI is InChI=1S/C19H14N2O3S2/c1-23-19(22)15-9-8-12(24-15)11-26-18-13-5-2-3-6-14(13)20-17(21-18)16-7-4-10-25-16/h2-10H,11H2,1H3. The lowest BCUT2D eigenvalue weighted by Crippen LogP contribution is -1.98. The van der Waals surface area contributed by atoms with Gasteiger partial charge < -0.3 is 9.15 Å². The van der Waals surface area contributed by atoms with Crippen LogP contribution in [0.4, 0.5) is 0 Å². The van der Waals surface area contributed by atoms with E-state index in [1.54, 1.807) is 35.2 Å². The van der Waals surface area contributed by atoms with Gasteiger partial charge in [-0.05, 0) is 29.6 Å². The van der Waals surface area contributed by atoms with E-state index in [0.29, 0.717) is 11.5 Å². The molecule has 0 fully saturated rings. The maximum absolute atomic E-state index is 11.5. The fourth-order valence-electron chi connectivity index (χ4n) is 2.48. The first-order chi connectivity index (χ1) is 12.7. The van der Waals surface area contributed by atoms with Gasteiger partial charge in [0.1, 0.15) is 10.8 Å². The van der Waals surface area contributed by atoms with E-state index in [2.05, 4.69) is 9.72 Å². The number of methoxy groups -OCH3 is 1. The first-order valence-electron chi connectivity index (χ1n) is 7.85. The van der Waals surface area contributed by atoms with Crippen molar-refractivity contribution in [2.75, 3.05) is 7.11 Å². The monoisotopic (exact) mass is 382 g/mol. The Labute approximate surface area is 158 Å². The number of rotatable bonds is 5. The number of ether oxygens (including phenoxy) is 1. The Morgan fingerprint density at radius 2 is 2.04 bits per heavy atom. The molecule has 0 spiro atoms. The summed E-state index contributed by atoms with van der Waals surface area (Å²) in [5.41, 5.74) is 0.906. The molecule has 130 valence electrons. The van der Waals surface area contributed by atoms with Gasteiger partial charge in [-0.1, -0.05) is 36.0 Å². The summed E-state index contributed by atoms with van der Waals surface area (Å²) < 4.78 is 10.2. The number of fused-ring (bicyclic) bond motifs is 1. The summed E-state index contributed by atoms with van der Waals surface area (Å²) in [7, 11) is 1.33. The Balaban J connectivity index is 1.65. The lowest BCUT2D eigenvalue weighted by molar-refractivity contribution is 0.0563. The molecular formula is C19H14N2O3S2. The van der Waals surface area contributed by atoms with Gasteiger partial charge in [0.15, 0.2) is 5.82 Å². The Kier molecular flexibility index (Phi) is 4.73. The number of carbonyl (C=O) groups excluding carboxylic acids is 1. The summed E-state index contributed by atoms with van der Waals surface area (Å²) >= 11 is 3.17. The molecule has 0 aliphatic rings. The molecule has 0 bridgehead atoms. The molecule has 3 aromatic heterocycles. The third-order valence-corrected chi connectivity index (χ3v) is 5.59. The summed E-state index contributed by atoms with van der Waals surface area (Å²) in [6.45, 7) is 0. The van der Waals surface area contributed by atoms with Gasteiger partial charge >= 0.3 is 5.97 Å². The Morgan fingerprint density at radius 3 is 2.85 bits per heavy atom. The second kappa shape index (κ2) is 7.31. The van der Waals surface area contributed by atoms with Crippen molar-refractivity contribution in [3.8, 4) is 10.7 Å². The van der Waals surface area contributed by atoms with Crippen LogP contribution in [0.15, 0.2) is 63.4 Å². The van der Waals surface area contributed by atoms with Gasteiger partial charge in [0.05, 0.1) is 23.3 Å². The number of carbonyl (C=O) groups is 1. The number of thioether (sulfide) groups is 1. The average molecular weight is 382 g/mol. The highest BCUT2D eigenvalue weighted by Crippen LogP contribution is 2.32. The molecule has 0 atom stereocenters. The number of para-hydroxylation sites is 1. The minimum atomic E-state index is -0.478. The van der Waals surface area contributed by atoms with Gasteiger partial charge in [0, 0.05) is 5.39 Å². The maximum atomic E-state index is 11.5. The van der Waals surface area contributed by atoms with Gasteiger partial charge in [-0.15, -0.1) is 11.3 Å². The van der Waals surface area contributed by atoms with E-state index in [-0.39, 0.29) is 5.76 Å². The molecule has 3 heterocycles. The number of nitrogens with zero attached hydrogens (tertiary/aromatic N) is 2. The van der Waals surface area contributed by atoms with E-state index in [0.717, 1.165) is 26.6 Å². The highest BCUT2D eigenvalue weighted by Gasteiger charge is 2.14. The Morgan fingerprint density at radius 1 is 1.15 bits per heavy atom. The van der Waals surface area contributed by atoms with Crippen LogP contribution in [0.5, 0.6) is 0 Å². The topological polar surface area (TPSA) is 65.2 Å². The molecule has 0 unspecified atom stereocenters. The fraction of sp³-hybridized carbons (Fsp3) is 0.105. The molecule has 4 aromatic rings. The van der Waals surface area contributed by atoms with E-state index in [1.165, 1.54) is 7.11 Å². The van der Waals surface area contributed by atoms with Crippen molar-refractivity contribution in [2.45, 2.75) is 10.8 Å². The molecule has 0 saturated heterocycles. The van der Waals surface area contributed by atoms with Crippen molar-refractivity contribution in [1.29, 1.82) is 0 Å². The van der Waals surface area contributed by atoms with Crippen LogP contribution in [0.25, 0.3) is 21.6 Å². The third-order valence-electron chi connectivity index (χ3n) is 3.71. The second-order valence-corrected chi connectivity index (χ2v) is 7.30. The molecule has 0 radical (unpaired) electrons. The number of esters is 1. The maximum Gasteiger partial charge on any atom is 0.373 e. The average Bonchev–Trinajstić information content (AvgIpc) is 3.37. The van der Waals surface area contributed by atoms with Crippen molar-refractivity contribution >= 4 is 40.0 Å². The zero-order valence-electron chi connectivity index (χ0n) is 13.8. The van der Waals surface area contributed by atoms with Crippen LogP contribution in [0.2, 0.25) is 0 Å². The summed E-state index contributed by atoms with van der Waals surface area (Å²) in [5, 5.41) is 3.89. The molecule has 1 aromatic carbocycles. The molecule has 0 aliphatic heterocycles. The lowest BCUT2D eigenvalue weighted by Gasteiger charge is -2.07. The molecule has 0 aliphatic carbocycles. The Bertz CT molecular complexity index is 1060. The summed E-state index contributed by atoms with van der Waals surface area (Å²) in [5.74, 6) is 1.69. The van der Waals surface area contributed by atoms with Gasteiger partial charge in [0.2, 0.25) is 5.76 Å². The first kappa shape index (κ1) is 16.8. The Hall–Kier alpha value is -2.64. The van der Waals surface area contributed by atoms with Crippen LogP contribution in [0.3, 0.4) is 0 Å². The van der Waals surface area contributed by atoms with E-state index >= 15 is 0 Å². The van der Waals surface area contributed by atoms with E-state index < -0.39 is 5.97 Å². The van der Waals surface area contributed by atoms with E-state index in [9.17, 15) is 4.79 Å². The third kappa shape index (κ3) is 3.36. The number of hydrogen-bond acceptors (Lipinski definition) is 7. The smallest absolute Gasteiger partial charge is 0.373 e. The highest BCUT2D eigenvalue weighted by molar-refractivity contribution is 7.98. The van der Waals surface area contributed by atoms with Crippen LogP contribution >= 0.6 is 23.1 Å². The minimum Gasteiger partial charge on any atom is -0.463 e. The predicted molar refractivity (Wildman–Crippen MR) is 102 cm³/mol. The number of furan rings is 1. The number of hydrogen-bond donors (Lipinski definition) is 0. The van der Waals surface area contributed by atoms with Gasteiger partial charge in [-0.25, -0.2) is 14.8 Å². The van der Waals surface area contributed by atoms with E-state index in [4.69, 9.17) is 9.40 Å². The fourth-order valence-corrected chi connectivity index (χ4v) is 4.05. The number of aromatic nitrogens is 2. The second-order valence-electron chi connectivity index (χ2n) is 5.39. The van der Waals surface area contributed by atoms with Crippen LogP contribution in [-0.2, 0) is 10.5 Å². The zero-order chi connectivity index (χ0) is 17.9. The van der Waals surface area contributed by atoms with Gasteiger partial charge in [0.25, 0.3) is 0 Å². The van der Waals surface area contributed by atoms with Crippen LogP contribution in [0, 0.1) is 0 Å². The number of benzene rings is 1. The van der Waals surface area contributed by atoms with Gasteiger partial charge in [-0.2, -0.15) is 0 Å². The number of thiophene rings is 1. The van der Waals surface area contributed by atoms with Crippen molar-refractivity contribution in [1.82, 2.24) is 9.97 Å². The normalized spacial score (nSPS) is 11.0. The van der Waals surface area contributed by atoms with Gasteiger partial charge in [-0.3, -0.25) is 0 Å². The molecule has 0 N–H and O–H groups in total. The molecule has 4 rings (SSSR count). The minimum absolute atomic E-state index is 0.204. The molecule has 0 amide bonds. The summed E-state index contributed by atoms with van der Waals surface area (Å²) in [6.07, 6.45) is 0. The zero-order valence-corrected chi connectivity index (χ0v) is 15.5. The van der Waals surface area contributed by atoms with Crippen molar-refractivity contribution in [3.05, 3.63) is 65.4 Å². The van der Waals surface area contributed by atoms with Crippen molar-refractivity contribution in [2.24, 2.45) is 0 Å². The molecule has 7 heteroatoms. The van der Waals surface area contributed by atoms with Crippen LogP contribution < -0.4 is 0 Å². The van der Waals surface area contributed by atoms with E-state index in [1.807, 2.05) is 41.8 Å². The quantitative estimate of drug-likeness (QED) is 0.274.